The summed E-state index contributed by atoms with van der Waals surface area (Å²) in [4.78, 5) is 41.4. The number of anilines is 1. The summed E-state index contributed by atoms with van der Waals surface area (Å²) in [5.74, 6) is -0.832. The van der Waals surface area contributed by atoms with Crippen molar-refractivity contribution in [3.63, 3.8) is 0 Å². The Bertz CT molecular complexity index is 979. The van der Waals surface area contributed by atoms with Crippen LogP contribution in [0.3, 0.4) is 0 Å². The molecule has 0 aliphatic rings. The molecule has 0 radical (unpaired) electrons. The molecule has 10 heteroatoms. The van der Waals surface area contributed by atoms with Gasteiger partial charge in [-0.15, -0.1) is 0 Å². The van der Waals surface area contributed by atoms with Crippen molar-refractivity contribution in [3.05, 3.63) is 59.9 Å². The molecule has 6 N–H and O–H groups in total. The monoisotopic (exact) mass is 468 g/mol. The molecule has 10 nitrogen and oxygen atoms in total. The molecular formula is C24H32N6O4. The van der Waals surface area contributed by atoms with Gasteiger partial charge in [0.2, 0.25) is 5.91 Å². The number of hydrogen-bond acceptors (Lipinski definition) is 6. The molecule has 2 unspecified atom stereocenters. The molecule has 0 saturated heterocycles. The lowest BCUT2D eigenvalue weighted by Crippen LogP contribution is -2.44. The number of ether oxygens (including phenoxy) is 1. The fraction of sp³-hybridized carbons (Fsp3) is 0.375. The normalized spacial score (nSPS) is 12.4. The fourth-order valence-corrected chi connectivity index (χ4v) is 3.20. The van der Waals surface area contributed by atoms with Crippen LogP contribution in [0, 0.1) is 11.3 Å². The molecule has 0 saturated carbocycles. The molecule has 0 fully saturated rings. The van der Waals surface area contributed by atoms with Crippen molar-refractivity contribution in [2.45, 2.75) is 45.7 Å². The first kappa shape index (κ1) is 26.3. The molecule has 0 bridgehead atoms. The van der Waals surface area contributed by atoms with E-state index >= 15 is 0 Å². The number of urea groups is 1. The number of nitrogen functional groups attached to an aromatic ring is 1. The Morgan fingerprint density at radius 3 is 2.35 bits per heavy atom. The van der Waals surface area contributed by atoms with Crippen LogP contribution in [0.5, 0.6) is 0 Å². The Morgan fingerprint density at radius 1 is 1.09 bits per heavy atom. The third kappa shape index (κ3) is 8.53. The predicted octanol–water partition coefficient (Wildman–Crippen LogP) is 2.71. The number of esters is 1. The highest BCUT2D eigenvalue weighted by Crippen LogP contribution is 2.18. The first-order chi connectivity index (χ1) is 16.2. The SMILES string of the molecule is CCOC(=O)CC(NC(=O)CC(NC(=O)Nc1ccc(C(=N)N)cc1)C(C)C)c1cccnc1. The van der Waals surface area contributed by atoms with E-state index in [1.165, 1.54) is 0 Å². The molecule has 2 aromatic rings. The Hall–Kier alpha value is -3.95. The highest BCUT2D eigenvalue weighted by Gasteiger charge is 2.24. The maximum atomic E-state index is 12.8. The van der Waals surface area contributed by atoms with E-state index in [0.717, 1.165) is 0 Å². The van der Waals surface area contributed by atoms with Gasteiger partial charge >= 0.3 is 12.0 Å². The lowest BCUT2D eigenvalue weighted by molar-refractivity contribution is -0.143. The van der Waals surface area contributed by atoms with Crippen LogP contribution in [0.15, 0.2) is 48.8 Å². The number of benzene rings is 1. The number of hydrogen-bond donors (Lipinski definition) is 5. The van der Waals surface area contributed by atoms with Crippen molar-refractivity contribution in [3.8, 4) is 0 Å². The molecule has 182 valence electrons. The number of nitrogens with one attached hydrogen (secondary N) is 4. The average molecular weight is 469 g/mol. The zero-order chi connectivity index (χ0) is 25.1. The predicted molar refractivity (Wildman–Crippen MR) is 129 cm³/mol. The van der Waals surface area contributed by atoms with Gasteiger partial charge in [-0.05, 0) is 48.7 Å². The number of pyridine rings is 1. The van der Waals surface area contributed by atoms with Gasteiger partial charge in [0.1, 0.15) is 5.84 Å². The van der Waals surface area contributed by atoms with Crippen LogP contribution in [-0.4, -0.2) is 41.4 Å². The fourth-order valence-electron chi connectivity index (χ4n) is 3.20. The Balaban J connectivity index is 2.00. The first-order valence-corrected chi connectivity index (χ1v) is 11.1. The number of rotatable bonds is 11. The second-order valence-corrected chi connectivity index (χ2v) is 8.06. The standard InChI is InChI=1S/C24H32N6O4/c1-4-34-22(32)13-20(17-6-5-11-27-14-17)29-21(31)12-19(15(2)3)30-24(33)28-18-9-7-16(8-10-18)23(25)26/h5-11,14-15,19-20H,4,12-13H2,1-3H3,(H3,25,26)(H,29,31)(H2,28,30,33). The molecule has 1 aromatic carbocycles. The molecule has 34 heavy (non-hydrogen) atoms. The Kier molecular flexibility index (Phi) is 10.0. The quantitative estimate of drug-likeness (QED) is 0.194. The number of amides is 3. The van der Waals surface area contributed by atoms with Crippen LogP contribution >= 0.6 is 0 Å². The maximum Gasteiger partial charge on any atom is 0.319 e. The van der Waals surface area contributed by atoms with Crippen LogP contribution < -0.4 is 21.7 Å². The molecule has 0 spiro atoms. The highest BCUT2D eigenvalue weighted by atomic mass is 16.5. The lowest BCUT2D eigenvalue weighted by atomic mass is 9.99. The summed E-state index contributed by atoms with van der Waals surface area (Å²) >= 11 is 0. The zero-order valence-electron chi connectivity index (χ0n) is 19.6. The van der Waals surface area contributed by atoms with Crippen molar-refractivity contribution >= 4 is 29.4 Å². The summed E-state index contributed by atoms with van der Waals surface area (Å²) in [6.45, 7) is 5.77. The number of carbonyl (C=O) groups is 3. The van der Waals surface area contributed by atoms with Crippen molar-refractivity contribution < 1.29 is 19.1 Å². The minimum Gasteiger partial charge on any atom is -0.466 e. The molecule has 2 atom stereocenters. The van der Waals surface area contributed by atoms with Crippen molar-refractivity contribution in [1.82, 2.24) is 15.6 Å². The third-order valence-corrected chi connectivity index (χ3v) is 5.08. The number of nitrogens with two attached hydrogens (primary N) is 1. The van der Waals surface area contributed by atoms with Crippen LogP contribution in [0.2, 0.25) is 0 Å². The highest BCUT2D eigenvalue weighted by molar-refractivity contribution is 5.96. The Labute approximate surface area is 199 Å². The molecular weight excluding hydrogens is 436 g/mol. The van der Waals surface area contributed by atoms with Crippen LogP contribution in [-0.2, 0) is 14.3 Å². The van der Waals surface area contributed by atoms with E-state index in [1.807, 2.05) is 13.8 Å². The summed E-state index contributed by atoms with van der Waals surface area (Å²) in [5.41, 5.74) is 7.20. The van der Waals surface area contributed by atoms with Crippen LogP contribution in [0.4, 0.5) is 10.5 Å². The van der Waals surface area contributed by atoms with E-state index in [0.29, 0.717) is 16.8 Å². The minimum atomic E-state index is -0.596. The third-order valence-electron chi connectivity index (χ3n) is 5.08. The topological polar surface area (TPSA) is 159 Å². The number of carbonyl (C=O) groups excluding carboxylic acids is 3. The van der Waals surface area contributed by atoms with Gasteiger partial charge < -0.3 is 26.4 Å². The van der Waals surface area contributed by atoms with Gasteiger partial charge in [0.15, 0.2) is 0 Å². The minimum absolute atomic E-state index is 0.0218. The van der Waals surface area contributed by atoms with Crippen LogP contribution in [0.25, 0.3) is 0 Å². The van der Waals surface area contributed by atoms with E-state index in [9.17, 15) is 14.4 Å². The van der Waals surface area contributed by atoms with Gasteiger partial charge in [-0.2, -0.15) is 0 Å². The number of nitrogens with zero attached hydrogens (tertiary/aromatic N) is 1. The van der Waals surface area contributed by atoms with Gasteiger partial charge in [0, 0.05) is 36.1 Å². The van der Waals surface area contributed by atoms with E-state index in [4.69, 9.17) is 15.9 Å². The van der Waals surface area contributed by atoms with Gasteiger partial charge in [-0.1, -0.05) is 19.9 Å². The number of aromatic nitrogens is 1. The second kappa shape index (κ2) is 12.9. The lowest BCUT2D eigenvalue weighted by Gasteiger charge is -2.24. The van der Waals surface area contributed by atoms with Gasteiger partial charge in [-0.3, -0.25) is 20.0 Å². The van der Waals surface area contributed by atoms with E-state index in [1.54, 1.807) is 55.7 Å². The second-order valence-electron chi connectivity index (χ2n) is 8.06. The summed E-state index contributed by atoms with van der Waals surface area (Å²) in [6, 6.07) is 8.54. The summed E-state index contributed by atoms with van der Waals surface area (Å²) in [7, 11) is 0. The molecule has 1 aromatic heterocycles. The summed E-state index contributed by atoms with van der Waals surface area (Å²) < 4.78 is 5.03. The average Bonchev–Trinajstić information content (AvgIpc) is 2.79. The zero-order valence-corrected chi connectivity index (χ0v) is 19.6. The number of amidine groups is 1. The molecule has 0 aliphatic heterocycles. The van der Waals surface area contributed by atoms with E-state index in [2.05, 4.69) is 20.9 Å². The first-order valence-electron chi connectivity index (χ1n) is 11.1. The Morgan fingerprint density at radius 2 is 1.79 bits per heavy atom. The van der Waals surface area contributed by atoms with Crippen LogP contribution in [0.1, 0.15) is 50.8 Å². The molecule has 1 heterocycles. The molecule has 0 aliphatic carbocycles. The van der Waals surface area contributed by atoms with E-state index in [-0.39, 0.29) is 37.1 Å². The molecule has 3 amide bonds. The van der Waals surface area contributed by atoms with Gasteiger partial charge in [-0.25, -0.2) is 4.79 Å². The summed E-state index contributed by atoms with van der Waals surface area (Å²) in [6.07, 6.45) is 3.20. The van der Waals surface area contributed by atoms with Crippen molar-refractivity contribution in [2.75, 3.05) is 11.9 Å². The van der Waals surface area contributed by atoms with Crippen molar-refractivity contribution in [2.24, 2.45) is 11.7 Å². The summed E-state index contributed by atoms with van der Waals surface area (Å²) in [5, 5.41) is 15.8. The van der Waals surface area contributed by atoms with E-state index < -0.39 is 24.1 Å². The van der Waals surface area contributed by atoms with Gasteiger partial charge in [0.25, 0.3) is 0 Å². The molecule has 2 rings (SSSR count). The van der Waals surface area contributed by atoms with Gasteiger partial charge in [0.05, 0.1) is 19.1 Å². The maximum absolute atomic E-state index is 12.8. The largest absolute Gasteiger partial charge is 0.466 e. The smallest absolute Gasteiger partial charge is 0.319 e. The van der Waals surface area contributed by atoms with Crippen molar-refractivity contribution in [1.29, 1.82) is 5.41 Å².